The molecule has 1 heterocycles. The van der Waals surface area contributed by atoms with Gasteiger partial charge in [-0.3, -0.25) is 15.2 Å². The van der Waals surface area contributed by atoms with Gasteiger partial charge in [-0.05, 0) is 12.1 Å². The number of nitrogens with one attached hydrogen (secondary N) is 1. The Balaban J connectivity index is 2.54. The van der Waals surface area contributed by atoms with E-state index in [2.05, 4.69) is 25.9 Å². The van der Waals surface area contributed by atoms with E-state index < -0.39 is 4.92 Å². The quantitative estimate of drug-likeness (QED) is 0.516. The van der Waals surface area contributed by atoms with Gasteiger partial charge in [-0.2, -0.15) is 0 Å². The van der Waals surface area contributed by atoms with Crippen LogP contribution >= 0.6 is 12.2 Å². The molecule has 0 amide bonds. The lowest BCUT2D eigenvalue weighted by molar-refractivity contribution is -0.384. The van der Waals surface area contributed by atoms with Gasteiger partial charge in [0.15, 0.2) is 0 Å². The van der Waals surface area contributed by atoms with Crippen molar-refractivity contribution in [3.8, 4) is 5.69 Å². The fourth-order valence-electron chi connectivity index (χ4n) is 1.72. The van der Waals surface area contributed by atoms with Crippen LogP contribution in [0.4, 0.5) is 5.69 Å². The van der Waals surface area contributed by atoms with Crippen molar-refractivity contribution in [2.75, 3.05) is 0 Å². The maximum absolute atomic E-state index is 10.8. The predicted molar refractivity (Wildman–Crippen MR) is 76.3 cm³/mol. The van der Waals surface area contributed by atoms with E-state index in [0.29, 0.717) is 10.3 Å². The zero-order valence-corrected chi connectivity index (χ0v) is 11.8. The van der Waals surface area contributed by atoms with E-state index in [4.69, 9.17) is 12.2 Å². The Kier molecular flexibility index (Phi) is 3.28. The lowest BCUT2D eigenvalue weighted by atomic mass is 9.93. The van der Waals surface area contributed by atoms with Crippen LogP contribution in [0, 0.1) is 14.8 Å². The normalized spacial score (nSPS) is 11.5. The van der Waals surface area contributed by atoms with Crippen molar-refractivity contribution >= 4 is 17.9 Å². The highest BCUT2D eigenvalue weighted by molar-refractivity contribution is 7.71. The molecule has 1 aromatic carbocycles. The molecule has 0 bridgehead atoms. The van der Waals surface area contributed by atoms with Gasteiger partial charge in [0.25, 0.3) is 5.69 Å². The van der Waals surface area contributed by atoms with Gasteiger partial charge in [0.1, 0.15) is 4.64 Å². The van der Waals surface area contributed by atoms with Crippen molar-refractivity contribution in [2.45, 2.75) is 26.2 Å². The first-order valence-electron chi connectivity index (χ1n) is 5.86. The van der Waals surface area contributed by atoms with Crippen LogP contribution in [0.3, 0.4) is 0 Å². The average molecular weight is 277 g/mol. The van der Waals surface area contributed by atoms with Gasteiger partial charge in [-0.1, -0.05) is 39.1 Å². The highest BCUT2D eigenvalue weighted by Gasteiger charge is 2.17. The predicted octanol–water partition coefficient (Wildman–Crippen LogP) is 3.74. The number of hydrogen-bond donors (Lipinski definition) is 1. The Bertz CT molecular complexity index is 680. The van der Waals surface area contributed by atoms with E-state index in [1.807, 2.05) is 6.07 Å². The molecule has 0 aliphatic carbocycles. The number of aromatic nitrogens is 2. The van der Waals surface area contributed by atoms with Crippen LogP contribution in [0.2, 0.25) is 0 Å². The lowest BCUT2D eigenvalue weighted by Crippen LogP contribution is -2.12. The van der Waals surface area contributed by atoms with Gasteiger partial charge in [0, 0.05) is 23.2 Å². The molecule has 0 fully saturated rings. The molecule has 0 spiro atoms. The minimum Gasteiger partial charge on any atom is -0.296 e. The van der Waals surface area contributed by atoms with E-state index in [9.17, 15) is 10.1 Å². The van der Waals surface area contributed by atoms with E-state index in [0.717, 1.165) is 5.69 Å². The Labute approximate surface area is 116 Å². The molecule has 0 saturated heterocycles. The van der Waals surface area contributed by atoms with Gasteiger partial charge in [0.05, 0.1) is 10.6 Å². The number of hydrogen-bond acceptors (Lipinski definition) is 3. The average Bonchev–Trinajstić information content (AvgIpc) is 2.71. The summed E-state index contributed by atoms with van der Waals surface area (Å²) in [7, 11) is 0. The largest absolute Gasteiger partial charge is 0.296 e. The number of aromatic amines is 1. The van der Waals surface area contributed by atoms with Gasteiger partial charge in [-0.25, -0.2) is 4.68 Å². The Hall–Kier alpha value is -1.95. The van der Waals surface area contributed by atoms with Gasteiger partial charge >= 0.3 is 0 Å². The fourth-order valence-corrected chi connectivity index (χ4v) is 1.99. The SMILES string of the molecule is CC(C)(C)c1cc(=S)n(-c2cccc([N+](=O)[O-])c2)[nH]1. The smallest absolute Gasteiger partial charge is 0.271 e. The van der Waals surface area contributed by atoms with Crippen LogP contribution in [0.5, 0.6) is 0 Å². The zero-order chi connectivity index (χ0) is 14.2. The molecule has 0 atom stereocenters. The molecule has 6 heteroatoms. The summed E-state index contributed by atoms with van der Waals surface area (Å²) in [6.07, 6.45) is 0. The fraction of sp³-hybridized carbons (Fsp3) is 0.308. The Morgan fingerprint density at radius 2 is 2.00 bits per heavy atom. The zero-order valence-electron chi connectivity index (χ0n) is 11.0. The molecular formula is C13H15N3O2S. The first-order valence-corrected chi connectivity index (χ1v) is 6.27. The van der Waals surface area contributed by atoms with Gasteiger partial charge in [0.2, 0.25) is 0 Å². The monoisotopic (exact) mass is 277 g/mol. The third-order valence-electron chi connectivity index (χ3n) is 2.83. The number of nitro groups is 1. The third-order valence-corrected chi connectivity index (χ3v) is 3.13. The molecule has 1 aromatic heterocycles. The lowest BCUT2D eigenvalue weighted by Gasteiger charge is -2.15. The molecular weight excluding hydrogens is 262 g/mol. The second-order valence-electron chi connectivity index (χ2n) is 5.37. The molecule has 0 saturated carbocycles. The van der Waals surface area contributed by atoms with Crippen LogP contribution < -0.4 is 0 Å². The summed E-state index contributed by atoms with van der Waals surface area (Å²) in [4.78, 5) is 10.4. The molecule has 0 unspecified atom stereocenters. The molecule has 0 aliphatic rings. The van der Waals surface area contributed by atoms with E-state index in [1.165, 1.54) is 12.1 Å². The van der Waals surface area contributed by atoms with Crippen LogP contribution in [-0.4, -0.2) is 14.7 Å². The number of benzene rings is 1. The second-order valence-corrected chi connectivity index (χ2v) is 5.79. The summed E-state index contributed by atoms with van der Waals surface area (Å²) in [5, 5.41) is 14.0. The van der Waals surface area contributed by atoms with Crippen LogP contribution in [0.25, 0.3) is 5.69 Å². The maximum atomic E-state index is 10.8. The first-order chi connectivity index (χ1) is 8.79. The number of nitrogens with zero attached hydrogens (tertiary/aromatic N) is 2. The summed E-state index contributed by atoms with van der Waals surface area (Å²) < 4.78 is 2.29. The van der Waals surface area contributed by atoms with Crippen molar-refractivity contribution < 1.29 is 4.92 Å². The molecule has 2 rings (SSSR count). The third kappa shape index (κ3) is 2.73. The van der Waals surface area contributed by atoms with Crippen molar-refractivity contribution in [1.82, 2.24) is 9.78 Å². The van der Waals surface area contributed by atoms with Crippen molar-refractivity contribution in [1.29, 1.82) is 0 Å². The highest BCUT2D eigenvalue weighted by atomic mass is 32.1. The van der Waals surface area contributed by atoms with Crippen molar-refractivity contribution in [3.63, 3.8) is 0 Å². The molecule has 19 heavy (non-hydrogen) atoms. The molecule has 2 aromatic rings. The number of rotatable bonds is 2. The van der Waals surface area contributed by atoms with E-state index in [-0.39, 0.29) is 11.1 Å². The number of H-pyrrole nitrogens is 1. The van der Waals surface area contributed by atoms with Crippen LogP contribution in [0.1, 0.15) is 26.5 Å². The molecule has 0 aliphatic heterocycles. The minimum atomic E-state index is -0.416. The minimum absolute atomic E-state index is 0.0475. The first kappa shape index (κ1) is 13.5. The molecule has 100 valence electrons. The van der Waals surface area contributed by atoms with Crippen LogP contribution in [0.15, 0.2) is 30.3 Å². The molecule has 1 N–H and O–H groups in total. The van der Waals surface area contributed by atoms with Crippen molar-refractivity contribution in [3.05, 3.63) is 50.8 Å². The topological polar surface area (TPSA) is 63.9 Å². The summed E-state index contributed by atoms with van der Waals surface area (Å²) in [6, 6.07) is 8.27. The summed E-state index contributed by atoms with van der Waals surface area (Å²) >= 11 is 5.29. The summed E-state index contributed by atoms with van der Waals surface area (Å²) in [6.45, 7) is 6.22. The number of nitro benzene ring substituents is 1. The van der Waals surface area contributed by atoms with Crippen molar-refractivity contribution in [2.24, 2.45) is 0 Å². The van der Waals surface area contributed by atoms with Gasteiger partial charge in [-0.15, -0.1) is 0 Å². The second kappa shape index (κ2) is 4.62. The van der Waals surface area contributed by atoms with Crippen LogP contribution in [-0.2, 0) is 5.41 Å². The Morgan fingerprint density at radius 1 is 1.32 bits per heavy atom. The van der Waals surface area contributed by atoms with E-state index in [1.54, 1.807) is 16.8 Å². The van der Waals surface area contributed by atoms with Gasteiger partial charge < -0.3 is 0 Å². The standard InChI is InChI=1S/C13H15N3O2S/c1-13(2,3)11-8-12(19)15(14-11)9-5-4-6-10(7-9)16(17)18/h4-8,14H,1-3H3. The van der Waals surface area contributed by atoms with E-state index >= 15 is 0 Å². The maximum Gasteiger partial charge on any atom is 0.271 e. The summed E-state index contributed by atoms with van der Waals surface area (Å²) in [5.41, 5.74) is 1.64. The number of non-ortho nitro benzene ring substituents is 1. The molecule has 5 nitrogen and oxygen atoms in total. The molecule has 0 radical (unpaired) electrons. The summed E-state index contributed by atoms with van der Waals surface area (Å²) in [5.74, 6) is 0. The highest BCUT2D eigenvalue weighted by Crippen LogP contribution is 2.23. The Morgan fingerprint density at radius 3 is 2.53 bits per heavy atom.